The Morgan fingerprint density at radius 3 is 1.79 bits per heavy atom. The normalized spacial score (nSPS) is 16.5. The number of hydrogen-bond acceptors (Lipinski definition) is 13. The molecule has 0 bridgehead atoms. The van der Waals surface area contributed by atoms with E-state index in [-0.39, 0.29) is 34.8 Å². The molecule has 2 aliphatic heterocycles. The molecule has 5 rings (SSSR count). The SMILES string of the molecule is COc1cc(-c2noc(-c3nc(N4CCOCC4)nc(N4CCOCC4)n3)n2)cc(OC)c1O. The lowest BCUT2D eigenvalue weighted by Gasteiger charge is -2.30. The highest BCUT2D eigenvalue weighted by Crippen LogP contribution is 2.40. The minimum atomic E-state index is -0.111. The minimum absolute atomic E-state index is 0.111. The van der Waals surface area contributed by atoms with Crippen molar-refractivity contribution in [3.63, 3.8) is 0 Å². The van der Waals surface area contributed by atoms with Gasteiger partial charge < -0.3 is 38.4 Å². The molecule has 3 aromatic rings. The van der Waals surface area contributed by atoms with Gasteiger partial charge in [-0.05, 0) is 12.1 Å². The highest BCUT2D eigenvalue weighted by Gasteiger charge is 2.24. The quantitative estimate of drug-likeness (QED) is 0.546. The first-order chi connectivity index (χ1) is 16.7. The van der Waals surface area contributed by atoms with Crippen LogP contribution in [0, 0.1) is 0 Å². The number of aromatic nitrogens is 5. The monoisotopic (exact) mass is 471 g/mol. The van der Waals surface area contributed by atoms with Gasteiger partial charge in [-0.25, -0.2) is 0 Å². The van der Waals surface area contributed by atoms with E-state index in [9.17, 15) is 5.11 Å². The third-order valence-corrected chi connectivity index (χ3v) is 5.55. The van der Waals surface area contributed by atoms with Crippen LogP contribution in [0.2, 0.25) is 0 Å². The molecule has 1 aromatic carbocycles. The summed E-state index contributed by atoms with van der Waals surface area (Å²) in [6, 6.07) is 3.19. The first-order valence-electron chi connectivity index (χ1n) is 10.9. The van der Waals surface area contributed by atoms with E-state index in [1.54, 1.807) is 12.1 Å². The Morgan fingerprint density at radius 1 is 0.765 bits per heavy atom. The second kappa shape index (κ2) is 9.65. The molecule has 2 aliphatic rings. The fraction of sp³-hybridized carbons (Fsp3) is 0.476. The molecule has 4 heterocycles. The average Bonchev–Trinajstić information content (AvgIpc) is 3.40. The van der Waals surface area contributed by atoms with Crippen LogP contribution in [0.4, 0.5) is 11.9 Å². The van der Waals surface area contributed by atoms with E-state index >= 15 is 0 Å². The Labute approximate surface area is 195 Å². The van der Waals surface area contributed by atoms with Gasteiger partial charge in [0.2, 0.25) is 29.3 Å². The topological polar surface area (TPSA) is 141 Å². The Bertz CT molecular complexity index is 1080. The number of rotatable bonds is 6. The summed E-state index contributed by atoms with van der Waals surface area (Å²) in [4.78, 5) is 22.5. The summed E-state index contributed by atoms with van der Waals surface area (Å²) in [6.07, 6.45) is 0. The summed E-state index contributed by atoms with van der Waals surface area (Å²) in [5, 5.41) is 14.3. The molecule has 0 radical (unpaired) electrons. The molecule has 1 N–H and O–H groups in total. The van der Waals surface area contributed by atoms with Crippen molar-refractivity contribution in [3.8, 4) is 40.4 Å². The number of nitrogens with zero attached hydrogens (tertiary/aromatic N) is 7. The lowest BCUT2D eigenvalue weighted by atomic mass is 10.1. The highest BCUT2D eigenvalue weighted by molar-refractivity contribution is 5.67. The second-order valence-electron chi connectivity index (χ2n) is 7.61. The molecule has 0 aliphatic carbocycles. The number of methoxy groups -OCH3 is 2. The lowest BCUT2D eigenvalue weighted by Crippen LogP contribution is -2.40. The van der Waals surface area contributed by atoms with Crippen LogP contribution in [0.5, 0.6) is 17.2 Å². The van der Waals surface area contributed by atoms with Crippen molar-refractivity contribution in [2.45, 2.75) is 0 Å². The van der Waals surface area contributed by atoms with Crippen molar-refractivity contribution in [2.24, 2.45) is 0 Å². The van der Waals surface area contributed by atoms with Crippen molar-refractivity contribution in [1.29, 1.82) is 0 Å². The number of hydrogen-bond donors (Lipinski definition) is 1. The van der Waals surface area contributed by atoms with Gasteiger partial charge in [0.1, 0.15) is 0 Å². The first kappa shape index (κ1) is 22.1. The zero-order valence-corrected chi connectivity index (χ0v) is 18.9. The summed E-state index contributed by atoms with van der Waals surface area (Å²) >= 11 is 0. The van der Waals surface area contributed by atoms with E-state index in [1.165, 1.54) is 14.2 Å². The number of ether oxygens (including phenoxy) is 4. The number of benzene rings is 1. The second-order valence-corrected chi connectivity index (χ2v) is 7.61. The Hall–Kier alpha value is -3.71. The molecule has 13 heteroatoms. The zero-order valence-electron chi connectivity index (χ0n) is 18.9. The van der Waals surface area contributed by atoms with Crippen LogP contribution < -0.4 is 19.3 Å². The van der Waals surface area contributed by atoms with Crippen molar-refractivity contribution in [2.75, 3.05) is 76.6 Å². The smallest absolute Gasteiger partial charge is 0.296 e. The molecule has 13 nitrogen and oxygen atoms in total. The summed E-state index contributed by atoms with van der Waals surface area (Å²) in [6.45, 7) is 5.10. The first-order valence-corrected chi connectivity index (χ1v) is 10.9. The number of aromatic hydroxyl groups is 1. The standard InChI is InChI=1S/C21H25N7O6/c1-30-14-11-13(12-15(31-2)16(14)29)17-22-19(34-26-17)18-23-20(27-3-7-32-8-4-27)25-21(24-18)28-5-9-33-10-6-28/h11-12,29H,3-10H2,1-2H3. The molecule has 34 heavy (non-hydrogen) atoms. The van der Waals surface area contributed by atoms with Crippen LogP contribution >= 0.6 is 0 Å². The number of phenolic OH excluding ortho intramolecular Hbond substituents is 1. The highest BCUT2D eigenvalue weighted by atomic mass is 16.5. The Balaban J connectivity index is 1.52. The lowest BCUT2D eigenvalue weighted by molar-refractivity contribution is 0.121. The van der Waals surface area contributed by atoms with Gasteiger partial charge in [-0.1, -0.05) is 5.16 Å². The maximum atomic E-state index is 10.2. The Kier molecular flexibility index (Phi) is 6.27. The van der Waals surface area contributed by atoms with E-state index < -0.39 is 0 Å². The van der Waals surface area contributed by atoms with E-state index in [0.29, 0.717) is 70.1 Å². The fourth-order valence-electron chi connectivity index (χ4n) is 3.71. The number of phenols is 1. The van der Waals surface area contributed by atoms with Gasteiger partial charge >= 0.3 is 0 Å². The van der Waals surface area contributed by atoms with Gasteiger partial charge in [0.05, 0.1) is 40.6 Å². The molecule has 0 spiro atoms. The Morgan fingerprint density at radius 2 is 1.29 bits per heavy atom. The van der Waals surface area contributed by atoms with Crippen LogP contribution in [0.15, 0.2) is 16.7 Å². The van der Waals surface area contributed by atoms with E-state index in [1.807, 2.05) is 9.80 Å². The predicted molar refractivity (Wildman–Crippen MR) is 119 cm³/mol. The molecular formula is C21H25N7O6. The summed E-state index contributed by atoms with van der Waals surface area (Å²) in [7, 11) is 2.90. The maximum Gasteiger partial charge on any atom is 0.296 e. The largest absolute Gasteiger partial charge is 0.502 e. The van der Waals surface area contributed by atoms with E-state index in [4.69, 9.17) is 28.5 Å². The molecule has 2 aromatic heterocycles. The molecule has 2 saturated heterocycles. The van der Waals surface area contributed by atoms with Gasteiger partial charge in [0.25, 0.3) is 5.89 Å². The molecule has 0 amide bonds. The van der Waals surface area contributed by atoms with Crippen molar-refractivity contribution in [1.82, 2.24) is 25.1 Å². The zero-order chi connectivity index (χ0) is 23.5. The molecule has 0 unspecified atom stereocenters. The van der Waals surface area contributed by atoms with E-state index in [0.717, 1.165) is 0 Å². The maximum absolute atomic E-state index is 10.2. The van der Waals surface area contributed by atoms with Gasteiger partial charge in [-0.15, -0.1) is 0 Å². The predicted octanol–water partition coefficient (Wildman–Crippen LogP) is 0.985. The van der Waals surface area contributed by atoms with Crippen LogP contribution in [0.25, 0.3) is 23.1 Å². The molecule has 180 valence electrons. The van der Waals surface area contributed by atoms with Crippen molar-refractivity contribution >= 4 is 11.9 Å². The number of morpholine rings is 2. The third-order valence-electron chi connectivity index (χ3n) is 5.55. The van der Waals surface area contributed by atoms with Crippen molar-refractivity contribution in [3.05, 3.63) is 12.1 Å². The number of anilines is 2. The third kappa shape index (κ3) is 4.39. The van der Waals surface area contributed by atoms with Crippen molar-refractivity contribution < 1.29 is 28.6 Å². The summed E-state index contributed by atoms with van der Waals surface area (Å²) in [5.74, 6) is 2.09. The van der Waals surface area contributed by atoms with Crippen LogP contribution in [0.3, 0.4) is 0 Å². The fourth-order valence-corrected chi connectivity index (χ4v) is 3.71. The average molecular weight is 471 g/mol. The van der Waals surface area contributed by atoms with Gasteiger partial charge in [-0.2, -0.15) is 19.9 Å². The van der Waals surface area contributed by atoms with Crippen LogP contribution in [0.1, 0.15) is 0 Å². The van der Waals surface area contributed by atoms with Crippen LogP contribution in [-0.4, -0.2) is 97.0 Å². The van der Waals surface area contributed by atoms with Gasteiger partial charge in [-0.3, -0.25) is 0 Å². The van der Waals surface area contributed by atoms with Crippen LogP contribution in [-0.2, 0) is 9.47 Å². The summed E-state index contributed by atoms with van der Waals surface area (Å²) < 4.78 is 26.9. The van der Waals surface area contributed by atoms with E-state index in [2.05, 4.69) is 20.1 Å². The van der Waals surface area contributed by atoms with Gasteiger partial charge in [0, 0.05) is 31.7 Å². The molecule has 2 fully saturated rings. The molecule has 0 atom stereocenters. The van der Waals surface area contributed by atoms with Gasteiger partial charge in [0.15, 0.2) is 11.5 Å². The molecular weight excluding hydrogens is 446 g/mol. The minimum Gasteiger partial charge on any atom is -0.502 e. The molecule has 0 saturated carbocycles. The summed E-state index contributed by atoms with van der Waals surface area (Å²) in [5.41, 5.74) is 0.539.